The molecule has 0 aromatic heterocycles. The molecule has 4 rings (SSSR count). The van der Waals surface area contributed by atoms with Crippen molar-refractivity contribution in [3.05, 3.63) is 119 Å². The van der Waals surface area contributed by atoms with Crippen molar-refractivity contribution >= 4 is 11.9 Å². The molecule has 45 heavy (non-hydrogen) atoms. The number of benzene rings is 4. The zero-order valence-electron chi connectivity index (χ0n) is 26.5. The first-order chi connectivity index (χ1) is 22.0. The molecule has 236 valence electrons. The largest absolute Gasteiger partial charge is 0.494 e. The van der Waals surface area contributed by atoms with Gasteiger partial charge in [0.25, 0.3) is 0 Å². The summed E-state index contributed by atoms with van der Waals surface area (Å²) in [6, 6.07) is 32.3. The van der Waals surface area contributed by atoms with Crippen LogP contribution in [0.2, 0.25) is 0 Å². The molecule has 0 saturated carbocycles. The summed E-state index contributed by atoms with van der Waals surface area (Å²) in [5.41, 5.74) is 6.17. The van der Waals surface area contributed by atoms with Crippen LogP contribution in [0.1, 0.15) is 53.2 Å². The molecule has 0 aliphatic carbocycles. The number of ether oxygens (including phenoxy) is 4. The Balaban J connectivity index is 1.36. The van der Waals surface area contributed by atoms with E-state index in [0.717, 1.165) is 78.2 Å². The van der Waals surface area contributed by atoms with Gasteiger partial charge in [0.1, 0.15) is 18.1 Å². The van der Waals surface area contributed by atoms with E-state index in [4.69, 9.17) is 18.9 Å². The number of carbonyl (C=O) groups excluding carboxylic acids is 2. The van der Waals surface area contributed by atoms with Crippen molar-refractivity contribution < 1.29 is 28.5 Å². The normalized spacial score (nSPS) is 10.8. The second-order valence-corrected chi connectivity index (χ2v) is 10.8. The summed E-state index contributed by atoms with van der Waals surface area (Å²) in [5, 5.41) is 0. The molecule has 7 nitrogen and oxygen atoms in total. The summed E-state index contributed by atoms with van der Waals surface area (Å²) in [6.45, 7) is 5.49. The first-order valence-electron chi connectivity index (χ1n) is 15.5. The van der Waals surface area contributed by atoms with Crippen LogP contribution in [-0.2, 0) is 33.8 Å². The number of esters is 2. The fourth-order valence-electron chi connectivity index (χ4n) is 5.09. The number of unbranched alkanes of at least 4 members (excludes halogenated alkanes) is 1. The predicted octanol–water partition coefficient (Wildman–Crippen LogP) is 7.51. The Morgan fingerprint density at radius 3 is 2.02 bits per heavy atom. The number of para-hydroxylation sites is 1. The summed E-state index contributed by atoms with van der Waals surface area (Å²) in [6.07, 6.45) is 2.86. The van der Waals surface area contributed by atoms with Gasteiger partial charge in [-0.3, -0.25) is 9.69 Å². The molecular formula is C38H43NO6. The van der Waals surface area contributed by atoms with Gasteiger partial charge in [0.15, 0.2) is 0 Å². The van der Waals surface area contributed by atoms with E-state index in [0.29, 0.717) is 25.2 Å². The molecule has 0 amide bonds. The Labute approximate surface area is 266 Å². The maximum Gasteiger partial charge on any atom is 0.337 e. The van der Waals surface area contributed by atoms with Gasteiger partial charge >= 0.3 is 11.9 Å². The average Bonchev–Trinajstić information content (AvgIpc) is 3.09. The Morgan fingerprint density at radius 2 is 1.36 bits per heavy atom. The van der Waals surface area contributed by atoms with E-state index in [-0.39, 0.29) is 11.9 Å². The average molecular weight is 610 g/mol. The van der Waals surface area contributed by atoms with Gasteiger partial charge in [0, 0.05) is 19.5 Å². The maximum absolute atomic E-state index is 11.9. The van der Waals surface area contributed by atoms with Crippen molar-refractivity contribution in [1.82, 2.24) is 4.90 Å². The standard InChI is InChI=1S/C38H43NO6/c1-4-44-35-22-20-32(21-23-35)31-16-14-30(15-17-31)28-45-36-10-6-5-9-33(36)24-26-39(25-8-7-11-37(40)42-2)27-29-12-18-34(19-13-29)38(41)43-3/h5-6,9-10,12-23H,4,7-8,11,24-28H2,1-3H3. The van der Waals surface area contributed by atoms with Crippen LogP contribution in [0.4, 0.5) is 0 Å². The Hall–Kier alpha value is -4.62. The Bertz CT molecular complexity index is 1480. The molecule has 0 atom stereocenters. The number of methoxy groups -OCH3 is 2. The molecule has 7 heteroatoms. The zero-order chi connectivity index (χ0) is 31.9. The van der Waals surface area contributed by atoms with Crippen LogP contribution in [0.25, 0.3) is 11.1 Å². The summed E-state index contributed by atoms with van der Waals surface area (Å²) < 4.78 is 21.5. The molecule has 0 radical (unpaired) electrons. The summed E-state index contributed by atoms with van der Waals surface area (Å²) in [7, 11) is 2.80. The van der Waals surface area contributed by atoms with Gasteiger partial charge in [-0.1, -0.05) is 66.7 Å². The smallest absolute Gasteiger partial charge is 0.337 e. The quantitative estimate of drug-likeness (QED) is 0.0906. The van der Waals surface area contributed by atoms with E-state index in [2.05, 4.69) is 47.4 Å². The lowest BCUT2D eigenvalue weighted by atomic mass is 10.0. The van der Waals surface area contributed by atoms with Crippen molar-refractivity contribution in [3.8, 4) is 22.6 Å². The van der Waals surface area contributed by atoms with Crippen LogP contribution in [0.3, 0.4) is 0 Å². The summed E-state index contributed by atoms with van der Waals surface area (Å²) >= 11 is 0. The maximum atomic E-state index is 11.9. The van der Waals surface area contributed by atoms with Crippen molar-refractivity contribution in [2.24, 2.45) is 0 Å². The molecule has 0 spiro atoms. The first-order valence-corrected chi connectivity index (χ1v) is 15.5. The van der Waals surface area contributed by atoms with E-state index in [9.17, 15) is 9.59 Å². The Kier molecular flexibility index (Phi) is 13.0. The Morgan fingerprint density at radius 1 is 0.689 bits per heavy atom. The highest BCUT2D eigenvalue weighted by Gasteiger charge is 2.12. The number of nitrogens with zero attached hydrogens (tertiary/aromatic N) is 1. The number of hydrogen-bond acceptors (Lipinski definition) is 7. The van der Waals surface area contributed by atoms with Gasteiger partial charge in [-0.25, -0.2) is 4.79 Å². The van der Waals surface area contributed by atoms with E-state index >= 15 is 0 Å². The van der Waals surface area contributed by atoms with Gasteiger partial charge in [-0.15, -0.1) is 0 Å². The number of hydrogen-bond donors (Lipinski definition) is 0. The molecule has 0 fully saturated rings. The topological polar surface area (TPSA) is 74.3 Å². The second-order valence-electron chi connectivity index (χ2n) is 10.8. The molecule has 0 unspecified atom stereocenters. The van der Waals surface area contributed by atoms with Crippen molar-refractivity contribution in [2.75, 3.05) is 33.9 Å². The minimum atomic E-state index is -0.346. The monoisotopic (exact) mass is 609 g/mol. The summed E-state index contributed by atoms with van der Waals surface area (Å²) in [4.78, 5) is 25.8. The second kappa shape index (κ2) is 17.6. The molecule has 0 heterocycles. The fourth-order valence-corrected chi connectivity index (χ4v) is 5.09. The lowest BCUT2D eigenvalue weighted by Crippen LogP contribution is -2.27. The zero-order valence-corrected chi connectivity index (χ0v) is 26.5. The van der Waals surface area contributed by atoms with Crippen LogP contribution < -0.4 is 9.47 Å². The van der Waals surface area contributed by atoms with Gasteiger partial charge < -0.3 is 18.9 Å². The highest BCUT2D eigenvalue weighted by Crippen LogP contribution is 2.25. The molecule has 4 aromatic carbocycles. The van der Waals surface area contributed by atoms with Gasteiger partial charge in [0.05, 0.1) is 26.4 Å². The van der Waals surface area contributed by atoms with Crippen LogP contribution >= 0.6 is 0 Å². The van der Waals surface area contributed by atoms with Crippen LogP contribution in [0.5, 0.6) is 11.5 Å². The highest BCUT2D eigenvalue weighted by molar-refractivity contribution is 5.89. The molecule has 0 saturated heterocycles. The van der Waals surface area contributed by atoms with Crippen molar-refractivity contribution in [2.45, 2.75) is 45.8 Å². The van der Waals surface area contributed by atoms with E-state index in [1.807, 2.05) is 49.4 Å². The molecule has 0 N–H and O–H groups in total. The van der Waals surface area contributed by atoms with Gasteiger partial charge in [-0.2, -0.15) is 0 Å². The predicted molar refractivity (Wildman–Crippen MR) is 176 cm³/mol. The van der Waals surface area contributed by atoms with Gasteiger partial charge in [-0.05, 0) is 90.9 Å². The number of rotatable bonds is 17. The third-order valence-electron chi connectivity index (χ3n) is 7.63. The molecule has 0 aliphatic heterocycles. The first kappa shape index (κ1) is 33.3. The van der Waals surface area contributed by atoms with Crippen molar-refractivity contribution in [1.29, 1.82) is 0 Å². The molecular weight excluding hydrogens is 566 g/mol. The highest BCUT2D eigenvalue weighted by atomic mass is 16.5. The van der Waals surface area contributed by atoms with E-state index in [1.165, 1.54) is 14.2 Å². The van der Waals surface area contributed by atoms with Crippen LogP contribution in [0.15, 0.2) is 97.1 Å². The van der Waals surface area contributed by atoms with Crippen LogP contribution in [-0.4, -0.2) is 50.8 Å². The molecule has 0 bridgehead atoms. The third kappa shape index (κ3) is 10.5. The third-order valence-corrected chi connectivity index (χ3v) is 7.63. The minimum absolute atomic E-state index is 0.183. The van der Waals surface area contributed by atoms with Crippen LogP contribution in [0, 0.1) is 0 Å². The minimum Gasteiger partial charge on any atom is -0.494 e. The van der Waals surface area contributed by atoms with E-state index in [1.54, 1.807) is 12.1 Å². The van der Waals surface area contributed by atoms with Gasteiger partial charge in [0.2, 0.25) is 0 Å². The lowest BCUT2D eigenvalue weighted by molar-refractivity contribution is -0.140. The number of carbonyl (C=O) groups is 2. The lowest BCUT2D eigenvalue weighted by Gasteiger charge is -2.23. The SMILES string of the molecule is CCOc1ccc(-c2ccc(COc3ccccc3CCN(CCCCC(=O)OC)Cc3ccc(C(=O)OC)cc3)cc2)cc1. The molecule has 4 aromatic rings. The fraction of sp³-hybridized carbons (Fsp3) is 0.316. The van der Waals surface area contributed by atoms with Crippen molar-refractivity contribution in [3.63, 3.8) is 0 Å². The molecule has 0 aliphatic rings. The summed E-state index contributed by atoms with van der Waals surface area (Å²) in [5.74, 6) is 1.22. The van der Waals surface area contributed by atoms with E-state index < -0.39 is 0 Å².